The summed E-state index contributed by atoms with van der Waals surface area (Å²) in [7, 11) is 0. The minimum absolute atomic E-state index is 0.346. The average Bonchev–Trinajstić information content (AvgIpc) is 2.30. The van der Waals surface area contributed by atoms with Gasteiger partial charge in [-0.2, -0.15) is 0 Å². The standard InChI is InChI=1S/C12H17N3/c13-11-5-1-9(2-6-11)10-3-7-12(15-14)8-4-10/h1,3-4,7-8,11,15H,2,5-6,13-14H2. The molecule has 1 aromatic carbocycles. The Hall–Kier alpha value is -1.32. The van der Waals surface area contributed by atoms with Gasteiger partial charge in [0.15, 0.2) is 0 Å². The van der Waals surface area contributed by atoms with Crippen LogP contribution in [0.1, 0.15) is 24.8 Å². The quantitative estimate of drug-likeness (QED) is 0.508. The highest BCUT2D eigenvalue weighted by Crippen LogP contribution is 2.26. The molecule has 2 rings (SSSR count). The number of allylic oxidation sites excluding steroid dienone is 1. The van der Waals surface area contributed by atoms with Gasteiger partial charge >= 0.3 is 0 Å². The van der Waals surface area contributed by atoms with Crippen molar-refractivity contribution in [3.63, 3.8) is 0 Å². The topological polar surface area (TPSA) is 64.1 Å². The first-order valence-corrected chi connectivity index (χ1v) is 5.31. The summed E-state index contributed by atoms with van der Waals surface area (Å²) in [6.45, 7) is 0. The predicted octanol–water partition coefficient (Wildman–Crippen LogP) is 1.87. The number of anilines is 1. The summed E-state index contributed by atoms with van der Waals surface area (Å²) in [4.78, 5) is 0. The van der Waals surface area contributed by atoms with E-state index in [9.17, 15) is 0 Å². The van der Waals surface area contributed by atoms with Gasteiger partial charge in [0.05, 0.1) is 0 Å². The normalized spacial score (nSPS) is 20.9. The molecule has 1 aliphatic rings. The summed E-state index contributed by atoms with van der Waals surface area (Å²) < 4.78 is 0. The third-order valence-corrected chi connectivity index (χ3v) is 2.87. The van der Waals surface area contributed by atoms with Crippen LogP contribution in [0.15, 0.2) is 30.3 Å². The molecular weight excluding hydrogens is 186 g/mol. The van der Waals surface area contributed by atoms with Gasteiger partial charge in [0, 0.05) is 11.7 Å². The molecule has 0 fully saturated rings. The van der Waals surface area contributed by atoms with Gasteiger partial charge < -0.3 is 11.2 Å². The van der Waals surface area contributed by atoms with Crippen LogP contribution in [-0.4, -0.2) is 6.04 Å². The number of rotatable bonds is 2. The second-order valence-corrected chi connectivity index (χ2v) is 3.99. The molecule has 3 nitrogen and oxygen atoms in total. The van der Waals surface area contributed by atoms with Crippen LogP contribution in [0.2, 0.25) is 0 Å². The molecule has 1 aromatic rings. The lowest BCUT2D eigenvalue weighted by atomic mass is 9.91. The number of hydrazine groups is 1. The molecule has 0 spiro atoms. The summed E-state index contributed by atoms with van der Waals surface area (Å²) in [5.41, 5.74) is 12.1. The molecule has 0 aliphatic heterocycles. The van der Waals surface area contributed by atoms with Crippen molar-refractivity contribution < 1.29 is 0 Å². The van der Waals surface area contributed by atoms with E-state index in [4.69, 9.17) is 11.6 Å². The Bertz CT molecular complexity index is 354. The molecule has 0 saturated carbocycles. The summed E-state index contributed by atoms with van der Waals surface area (Å²) in [6.07, 6.45) is 5.41. The molecule has 0 saturated heterocycles. The molecule has 0 aromatic heterocycles. The van der Waals surface area contributed by atoms with E-state index in [1.807, 2.05) is 12.1 Å². The highest BCUT2D eigenvalue weighted by molar-refractivity contribution is 5.67. The number of nitrogens with two attached hydrogens (primary N) is 2. The first kappa shape index (κ1) is 10.2. The largest absolute Gasteiger partial charge is 0.327 e. The van der Waals surface area contributed by atoms with Crippen molar-refractivity contribution in [3.05, 3.63) is 35.9 Å². The lowest BCUT2D eigenvalue weighted by Gasteiger charge is -2.18. The molecule has 1 atom stereocenters. The Balaban J connectivity index is 2.16. The van der Waals surface area contributed by atoms with Crippen molar-refractivity contribution in [2.75, 3.05) is 5.43 Å². The number of hydrogen-bond acceptors (Lipinski definition) is 3. The highest BCUT2D eigenvalue weighted by atomic mass is 15.2. The minimum atomic E-state index is 0.346. The summed E-state index contributed by atoms with van der Waals surface area (Å²) in [6, 6.07) is 8.52. The van der Waals surface area contributed by atoms with Crippen LogP contribution in [-0.2, 0) is 0 Å². The van der Waals surface area contributed by atoms with Crippen LogP contribution < -0.4 is 17.0 Å². The molecule has 5 N–H and O–H groups in total. The number of benzene rings is 1. The van der Waals surface area contributed by atoms with Crippen LogP contribution in [0.25, 0.3) is 5.57 Å². The van der Waals surface area contributed by atoms with Gasteiger partial charge in [-0.15, -0.1) is 0 Å². The molecule has 80 valence electrons. The molecule has 1 aliphatic carbocycles. The minimum Gasteiger partial charge on any atom is -0.327 e. The van der Waals surface area contributed by atoms with Gasteiger partial charge in [0.1, 0.15) is 0 Å². The molecule has 1 unspecified atom stereocenters. The molecule has 0 bridgehead atoms. The van der Waals surface area contributed by atoms with Gasteiger partial charge in [-0.1, -0.05) is 18.2 Å². The zero-order valence-electron chi connectivity index (χ0n) is 8.74. The van der Waals surface area contributed by atoms with Gasteiger partial charge in [0.2, 0.25) is 0 Å². The first-order valence-electron chi connectivity index (χ1n) is 5.31. The zero-order chi connectivity index (χ0) is 10.7. The number of nitrogen functional groups attached to an aromatic ring is 1. The number of nitrogens with one attached hydrogen (secondary N) is 1. The van der Waals surface area contributed by atoms with Gasteiger partial charge in [0.25, 0.3) is 0 Å². The fourth-order valence-corrected chi connectivity index (χ4v) is 1.90. The van der Waals surface area contributed by atoms with E-state index in [1.54, 1.807) is 0 Å². The lowest BCUT2D eigenvalue weighted by Crippen LogP contribution is -2.21. The Kier molecular flexibility index (Phi) is 3.04. The van der Waals surface area contributed by atoms with E-state index >= 15 is 0 Å². The second kappa shape index (κ2) is 4.47. The van der Waals surface area contributed by atoms with Crippen LogP contribution in [0.5, 0.6) is 0 Å². The van der Waals surface area contributed by atoms with Crippen molar-refractivity contribution in [2.45, 2.75) is 25.3 Å². The summed E-state index contributed by atoms with van der Waals surface area (Å²) in [5, 5.41) is 0. The van der Waals surface area contributed by atoms with Crippen molar-refractivity contribution >= 4 is 11.3 Å². The van der Waals surface area contributed by atoms with Crippen LogP contribution in [0.4, 0.5) is 5.69 Å². The maximum atomic E-state index is 5.85. The average molecular weight is 203 g/mol. The highest BCUT2D eigenvalue weighted by Gasteiger charge is 2.11. The van der Waals surface area contributed by atoms with Gasteiger partial charge in [-0.25, -0.2) is 0 Å². The Morgan fingerprint density at radius 1 is 1.20 bits per heavy atom. The summed E-state index contributed by atoms with van der Waals surface area (Å²) >= 11 is 0. The van der Waals surface area contributed by atoms with Crippen LogP contribution >= 0.6 is 0 Å². The fourth-order valence-electron chi connectivity index (χ4n) is 1.90. The number of hydrogen-bond donors (Lipinski definition) is 3. The van der Waals surface area contributed by atoms with Crippen LogP contribution in [0, 0.1) is 0 Å². The Morgan fingerprint density at radius 3 is 2.47 bits per heavy atom. The van der Waals surface area contributed by atoms with E-state index in [1.165, 1.54) is 11.1 Å². The zero-order valence-corrected chi connectivity index (χ0v) is 8.74. The SMILES string of the molecule is NNc1ccc(C2=CCC(N)CC2)cc1. The molecule has 0 radical (unpaired) electrons. The second-order valence-electron chi connectivity index (χ2n) is 3.99. The van der Waals surface area contributed by atoms with Crippen molar-refractivity contribution in [1.29, 1.82) is 0 Å². The molecule has 0 amide bonds. The third kappa shape index (κ3) is 2.37. The van der Waals surface area contributed by atoms with Crippen molar-refractivity contribution in [3.8, 4) is 0 Å². The monoisotopic (exact) mass is 203 g/mol. The summed E-state index contributed by atoms with van der Waals surface area (Å²) in [5.74, 6) is 5.32. The molecular formula is C12H17N3. The molecule has 0 heterocycles. The van der Waals surface area contributed by atoms with E-state index in [0.29, 0.717) is 6.04 Å². The maximum absolute atomic E-state index is 5.85. The van der Waals surface area contributed by atoms with Gasteiger partial charge in [-0.3, -0.25) is 5.84 Å². The van der Waals surface area contributed by atoms with Gasteiger partial charge in [-0.05, 0) is 42.5 Å². The smallest absolute Gasteiger partial charge is 0.0485 e. The van der Waals surface area contributed by atoms with E-state index < -0.39 is 0 Å². The lowest BCUT2D eigenvalue weighted by molar-refractivity contribution is 0.614. The molecule has 3 heteroatoms. The van der Waals surface area contributed by atoms with Crippen molar-refractivity contribution in [1.82, 2.24) is 0 Å². The van der Waals surface area contributed by atoms with E-state index in [0.717, 1.165) is 24.9 Å². The Labute approximate surface area is 90.1 Å². The predicted molar refractivity (Wildman–Crippen MR) is 64.1 cm³/mol. The maximum Gasteiger partial charge on any atom is 0.0485 e. The Morgan fingerprint density at radius 2 is 1.93 bits per heavy atom. The van der Waals surface area contributed by atoms with E-state index in [-0.39, 0.29) is 0 Å². The van der Waals surface area contributed by atoms with Crippen LogP contribution in [0.3, 0.4) is 0 Å². The third-order valence-electron chi connectivity index (χ3n) is 2.87. The van der Waals surface area contributed by atoms with Crippen molar-refractivity contribution in [2.24, 2.45) is 11.6 Å². The molecule has 15 heavy (non-hydrogen) atoms. The van der Waals surface area contributed by atoms with E-state index in [2.05, 4.69) is 23.6 Å². The fraction of sp³-hybridized carbons (Fsp3) is 0.333. The first-order chi connectivity index (χ1) is 7.29.